The Morgan fingerprint density at radius 2 is 1.93 bits per heavy atom. The third-order valence-corrected chi connectivity index (χ3v) is 4.37. The smallest absolute Gasteiger partial charge is 0.0406 e. The van der Waals surface area contributed by atoms with Crippen LogP contribution in [0.2, 0.25) is 5.02 Å². The number of benzene rings is 1. The molecule has 2 unspecified atom stereocenters. The quantitative estimate of drug-likeness (QED) is 0.796. The standard InChI is InChI=1S/C12H18ClNS/c1-3-9(2)12(8-14)15-11-6-4-10(13)5-7-11/h4-7,9,12H,3,8,14H2,1-2H3. The number of hydrogen-bond acceptors (Lipinski definition) is 2. The van der Waals surface area contributed by atoms with Crippen molar-refractivity contribution in [2.24, 2.45) is 11.7 Å². The molecule has 0 aliphatic rings. The number of halogens is 1. The van der Waals surface area contributed by atoms with E-state index in [1.165, 1.54) is 11.3 Å². The van der Waals surface area contributed by atoms with E-state index >= 15 is 0 Å². The molecule has 0 radical (unpaired) electrons. The van der Waals surface area contributed by atoms with Crippen LogP contribution >= 0.6 is 23.4 Å². The van der Waals surface area contributed by atoms with E-state index < -0.39 is 0 Å². The molecule has 15 heavy (non-hydrogen) atoms. The second-order valence-electron chi connectivity index (χ2n) is 3.73. The van der Waals surface area contributed by atoms with Crippen molar-refractivity contribution in [1.29, 1.82) is 0 Å². The van der Waals surface area contributed by atoms with Crippen molar-refractivity contribution in [2.75, 3.05) is 6.54 Å². The lowest BCUT2D eigenvalue weighted by atomic mass is 10.1. The van der Waals surface area contributed by atoms with Crippen molar-refractivity contribution in [1.82, 2.24) is 0 Å². The highest BCUT2D eigenvalue weighted by molar-refractivity contribution is 8.00. The zero-order chi connectivity index (χ0) is 11.3. The molecule has 0 fully saturated rings. The van der Waals surface area contributed by atoms with E-state index in [4.69, 9.17) is 17.3 Å². The largest absolute Gasteiger partial charge is 0.329 e. The zero-order valence-electron chi connectivity index (χ0n) is 9.24. The van der Waals surface area contributed by atoms with Crippen LogP contribution < -0.4 is 5.73 Å². The average molecular weight is 244 g/mol. The summed E-state index contributed by atoms with van der Waals surface area (Å²) in [5, 5.41) is 1.28. The highest BCUT2D eigenvalue weighted by atomic mass is 35.5. The van der Waals surface area contributed by atoms with E-state index in [2.05, 4.69) is 26.0 Å². The normalized spacial score (nSPS) is 14.9. The highest BCUT2D eigenvalue weighted by Crippen LogP contribution is 2.29. The summed E-state index contributed by atoms with van der Waals surface area (Å²) >= 11 is 7.68. The first-order valence-corrected chi connectivity index (χ1v) is 6.55. The Balaban J connectivity index is 2.62. The predicted molar refractivity (Wildman–Crippen MR) is 69.6 cm³/mol. The van der Waals surface area contributed by atoms with Gasteiger partial charge in [0.25, 0.3) is 0 Å². The molecule has 84 valence electrons. The molecule has 1 nitrogen and oxygen atoms in total. The maximum Gasteiger partial charge on any atom is 0.0406 e. The second-order valence-corrected chi connectivity index (χ2v) is 5.48. The Labute approximate surface area is 101 Å². The zero-order valence-corrected chi connectivity index (χ0v) is 10.8. The number of thioether (sulfide) groups is 1. The van der Waals surface area contributed by atoms with E-state index in [0.29, 0.717) is 11.2 Å². The SMILES string of the molecule is CCC(C)C(CN)Sc1ccc(Cl)cc1. The first-order chi connectivity index (χ1) is 7.17. The Morgan fingerprint density at radius 3 is 2.40 bits per heavy atom. The van der Waals surface area contributed by atoms with Gasteiger partial charge in [0.1, 0.15) is 0 Å². The molecule has 1 rings (SSSR count). The van der Waals surface area contributed by atoms with Crippen molar-refractivity contribution in [3.8, 4) is 0 Å². The van der Waals surface area contributed by atoms with Crippen LogP contribution in [0.25, 0.3) is 0 Å². The fraction of sp³-hybridized carbons (Fsp3) is 0.500. The van der Waals surface area contributed by atoms with E-state index in [9.17, 15) is 0 Å². The van der Waals surface area contributed by atoms with Gasteiger partial charge in [-0.05, 0) is 30.2 Å². The average Bonchev–Trinajstić information content (AvgIpc) is 2.27. The van der Waals surface area contributed by atoms with Crippen molar-refractivity contribution in [2.45, 2.75) is 30.4 Å². The Morgan fingerprint density at radius 1 is 1.33 bits per heavy atom. The summed E-state index contributed by atoms with van der Waals surface area (Å²) in [6, 6.07) is 7.96. The van der Waals surface area contributed by atoms with Gasteiger partial charge in [-0.3, -0.25) is 0 Å². The number of nitrogens with two attached hydrogens (primary N) is 1. The summed E-state index contributed by atoms with van der Waals surface area (Å²) in [6.07, 6.45) is 1.17. The molecule has 0 aliphatic heterocycles. The third-order valence-electron chi connectivity index (χ3n) is 2.61. The van der Waals surface area contributed by atoms with Crippen LogP contribution in [0.4, 0.5) is 0 Å². The van der Waals surface area contributed by atoms with Gasteiger partial charge in [-0.2, -0.15) is 0 Å². The van der Waals surface area contributed by atoms with Crippen molar-refractivity contribution < 1.29 is 0 Å². The topological polar surface area (TPSA) is 26.0 Å². The van der Waals surface area contributed by atoms with Crippen LogP contribution in [0.15, 0.2) is 29.2 Å². The maximum absolute atomic E-state index is 5.84. The number of rotatable bonds is 5. The van der Waals surface area contributed by atoms with Gasteiger partial charge in [0, 0.05) is 21.7 Å². The van der Waals surface area contributed by atoms with Crippen LogP contribution in [0, 0.1) is 5.92 Å². The molecule has 1 aromatic rings. The highest BCUT2D eigenvalue weighted by Gasteiger charge is 2.15. The molecule has 0 heterocycles. The molecular weight excluding hydrogens is 226 g/mol. The molecule has 2 N–H and O–H groups in total. The molecule has 3 heteroatoms. The van der Waals surface area contributed by atoms with Gasteiger partial charge in [-0.15, -0.1) is 11.8 Å². The fourth-order valence-electron chi connectivity index (χ4n) is 1.35. The minimum Gasteiger partial charge on any atom is -0.329 e. The van der Waals surface area contributed by atoms with Crippen molar-refractivity contribution >= 4 is 23.4 Å². The van der Waals surface area contributed by atoms with Gasteiger partial charge >= 0.3 is 0 Å². The predicted octanol–water partition coefficient (Wildman–Crippen LogP) is 3.81. The van der Waals surface area contributed by atoms with Crippen molar-refractivity contribution in [3.63, 3.8) is 0 Å². The summed E-state index contributed by atoms with van der Waals surface area (Å²) in [5.41, 5.74) is 5.78. The molecule has 1 aromatic carbocycles. The molecule has 0 spiro atoms. The van der Waals surface area contributed by atoms with Crippen LogP contribution in [0.5, 0.6) is 0 Å². The first kappa shape index (κ1) is 12.9. The Hall–Kier alpha value is -0.180. The van der Waals surface area contributed by atoms with E-state index in [1.54, 1.807) is 0 Å². The molecule has 2 atom stereocenters. The molecular formula is C12H18ClNS. The van der Waals surface area contributed by atoms with Crippen LogP contribution in [0.1, 0.15) is 20.3 Å². The third kappa shape index (κ3) is 4.06. The minimum absolute atomic E-state index is 0.496. The monoisotopic (exact) mass is 243 g/mol. The summed E-state index contributed by atoms with van der Waals surface area (Å²) < 4.78 is 0. The maximum atomic E-state index is 5.84. The molecule has 0 amide bonds. The number of hydrogen-bond donors (Lipinski definition) is 1. The lowest BCUT2D eigenvalue weighted by Gasteiger charge is -2.20. The van der Waals surface area contributed by atoms with Crippen LogP contribution in [-0.2, 0) is 0 Å². The van der Waals surface area contributed by atoms with E-state index in [1.807, 2.05) is 23.9 Å². The molecule has 0 saturated heterocycles. The minimum atomic E-state index is 0.496. The fourth-order valence-corrected chi connectivity index (χ4v) is 2.64. The van der Waals surface area contributed by atoms with Gasteiger partial charge in [-0.25, -0.2) is 0 Å². The van der Waals surface area contributed by atoms with Crippen LogP contribution in [-0.4, -0.2) is 11.8 Å². The van der Waals surface area contributed by atoms with Crippen molar-refractivity contribution in [3.05, 3.63) is 29.3 Å². The lowest BCUT2D eigenvalue weighted by molar-refractivity contribution is 0.538. The van der Waals surface area contributed by atoms with Gasteiger partial charge in [0.15, 0.2) is 0 Å². The summed E-state index contributed by atoms with van der Waals surface area (Å²) in [7, 11) is 0. The van der Waals surface area contributed by atoms with Gasteiger partial charge in [0.05, 0.1) is 0 Å². The first-order valence-electron chi connectivity index (χ1n) is 5.29. The van der Waals surface area contributed by atoms with Gasteiger partial charge < -0.3 is 5.73 Å². The summed E-state index contributed by atoms with van der Waals surface area (Å²) in [6.45, 7) is 5.18. The molecule has 0 aromatic heterocycles. The van der Waals surface area contributed by atoms with Crippen LogP contribution in [0.3, 0.4) is 0 Å². The Bertz CT molecular complexity index is 286. The summed E-state index contributed by atoms with van der Waals surface area (Å²) in [5.74, 6) is 0.649. The van der Waals surface area contributed by atoms with Gasteiger partial charge in [-0.1, -0.05) is 31.9 Å². The van der Waals surface area contributed by atoms with E-state index in [-0.39, 0.29) is 0 Å². The summed E-state index contributed by atoms with van der Waals surface area (Å²) in [4.78, 5) is 1.25. The molecule has 0 aliphatic carbocycles. The van der Waals surface area contributed by atoms with Gasteiger partial charge in [0.2, 0.25) is 0 Å². The Kier molecular flexibility index (Phi) is 5.51. The second kappa shape index (κ2) is 6.41. The lowest BCUT2D eigenvalue weighted by Crippen LogP contribution is -2.23. The molecule has 0 bridgehead atoms. The van der Waals surface area contributed by atoms with E-state index in [0.717, 1.165) is 11.6 Å². The molecule has 0 saturated carbocycles.